The molecule has 0 aliphatic rings. The predicted molar refractivity (Wildman–Crippen MR) is 70.8 cm³/mol. The van der Waals surface area contributed by atoms with E-state index in [1.807, 2.05) is 20.0 Å². The highest BCUT2D eigenvalue weighted by Crippen LogP contribution is 2.34. The van der Waals surface area contributed by atoms with Gasteiger partial charge in [0.2, 0.25) is 0 Å². The monoisotopic (exact) mass is 309 g/mol. The molecule has 3 nitrogen and oxygen atoms in total. The van der Waals surface area contributed by atoms with E-state index in [9.17, 15) is 5.26 Å². The van der Waals surface area contributed by atoms with Crippen LogP contribution in [0.1, 0.15) is 11.1 Å². The zero-order valence-electron chi connectivity index (χ0n) is 9.33. The molecule has 0 unspecified atom stereocenters. The first-order chi connectivity index (χ1) is 8.04. The molecule has 0 spiro atoms. The second-order valence-corrected chi connectivity index (χ2v) is 5.01. The molecule has 1 aromatic heterocycles. The summed E-state index contributed by atoms with van der Waals surface area (Å²) in [5.74, 6) is 0. The van der Waals surface area contributed by atoms with E-state index in [-0.39, 0.29) is 0 Å². The van der Waals surface area contributed by atoms with Crippen molar-refractivity contribution in [2.45, 2.75) is 6.92 Å². The van der Waals surface area contributed by atoms with Crippen molar-refractivity contribution in [3.8, 4) is 17.3 Å². The number of benzene rings is 1. The minimum Gasteiger partial charge on any atom is -0.267 e. The van der Waals surface area contributed by atoms with Crippen molar-refractivity contribution >= 4 is 27.5 Å². The van der Waals surface area contributed by atoms with Crippen LogP contribution in [0.15, 0.2) is 22.8 Å². The molecule has 0 aliphatic carbocycles. The fraction of sp³-hybridized carbons (Fsp3) is 0.167. The van der Waals surface area contributed by atoms with Crippen LogP contribution in [0.25, 0.3) is 11.3 Å². The molecular formula is C12H9BrClN3. The van der Waals surface area contributed by atoms with Crippen molar-refractivity contribution in [1.82, 2.24) is 9.78 Å². The molecule has 0 bridgehead atoms. The summed E-state index contributed by atoms with van der Waals surface area (Å²) < 4.78 is 2.56. The van der Waals surface area contributed by atoms with Crippen LogP contribution in [0, 0.1) is 18.3 Å². The molecule has 0 N–H and O–H groups in total. The molecule has 86 valence electrons. The number of hydrogen-bond donors (Lipinski definition) is 0. The van der Waals surface area contributed by atoms with Gasteiger partial charge in [0.05, 0.1) is 26.9 Å². The lowest BCUT2D eigenvalue weighted by molar-refractivity contribution is 0.775. The molecule has 2 aromatic rings. The predicted octanol–water partition coefficient (Wildman–Crippen LogP) is 3.68. The van der Waals surface area contributed by atoms with E-state index >= 15 is 0 Å². The third-order valence-electron chi connectivity index (χ3n) is 2.50. The molecule has 0 saturated carbocycles. The Hall–Kier alpha value is -1.31. The van der Waals surface area contributed by atoms with Gasteiger partial charge in [-0.1, -0.05) is 11.6 Å². The van der Waals surface area contributed by atoms with E-state index in [2.05, 4.69) is 27.1 Å². The maximum absolute atomic E-state index is 9.19. The average Bonchev–Trinajstić information content (AvgIpc) is 2.57. The van der Waals surface area contributed by atoms with Gasteiger partial charge < -0.3 is 0 Å². The maximum atomic E-state index is 9.19. The molecule has 5 heteroatoms. The van der Waals surface area contributed by atoms with E-state index < -0.39 is 0 Å². The van der Waals surface area contributed by atoms with E-state index in [4.69, 9.17) is 11.6 Å². The van der Waals surface area contributed by atoms with Gasteiger partial charge in [0.25, 0.3) is 0 Å². The second-order valence-electron chi connectivity index (χ2n) is 3.75. The van der Waals surface area contributed by atoms with Crippen molar-refractivity contribution in [1.29, 1.82) is 5.26 Å². The van der Waals surface area contributed by atoms with Gasteiger partial charge in [-0.2, -0.15) is 10.4 Å². The van der Waals surface area contributed by atoms with Crippen molar-refractivity contribution in [2.75, 3.05) is 0 Å². The smallest absolute Gasteiger partial charge is 0.101 e. The van der Waals surface area contributed by atoms with Gasteiger partial charge in [-0.15, -0.1) is 0 Å². The number of aromatic nitrogens is 2. The molecule has 0 radical (unpaired) electrons. The fourth-order valence-electron chi connectivity index (χ4n) is 1.76. The standard InChI is InChI=1S/C12H9BrClN3/c1-7-3-8(9(5-15)11(14)4-7)12-10(13)6-16-17(12)2/h3-4,6H,1-2H3. The van der Waals surface area contributed by atoms with Crippen LogP contribution in [0.2, 0.25) is 5.02 Å². The van der Waals surface area contributed by atoms with Crippen LogP contribution < -0.4 is 0 Å². The van der Waals surface area contributed by atoms with Gasteiger partial charge in [-0.25, -0.2) is 0 Å². The molecule has 0 fully saturated rings. The Kier molecular flexibility index (Phi) is 3.23. The van der Waals surface area contributed by atoms with Crippen LogP contribution >= 0.6 is 27.5 Å². The van der Waals surface area contributed by atoms with Crippen molar-refractivity contribution in [3.05, 3.63) is 39.0 Å². The summed E-state index contributed by atoms with van der Waals surface area (Å²) in [6, 6.07) is 5.86. The van der Waals surface area contributed by atoms with Gasteiger partial charge in [0, 0.05) is 12.6 Å². The molecular weight excluding hydrogens is 302 g/mol. The molecule has 17 heavy (non-hydrogen) atoms. The zero-order valence-corrected chi connectivity index (χ0v) is 11.7. The van der Waals surface area contributed by atoms with Crippen LogP contribution in [-0.4, -0.2) is 9.78 Å². The summed E-state index contributed by atoms with van der Waals surface area (Å²) in [6.45, 7) is 1.95. The van der Waals surface area contributed by atoms with Crippen LogP contribution in [0.3, 0.4) is 0 Å². The average molecular weight is 311 g/mol. The summed E-state index contributed by atoms with van der Waals surface area (Å²) in [4.78, 5) is 0. The first-order valence-corrected chi connectivity index (χ1v) is 6.09. The Morgan fingerprint density at radius 2 is 2.18 bits per heavy atom. The van der Waals surface area contributed by atoms with E-state index in [1.165, 1.54) is 0 Å². The highest BCUT2D eigenvalue weighted by molar-refractivity contribution is 9.10. The van der Waals surface area contributed by atoms with Crippen molar-refractivity contribution < 1.29 is 0 Å². The Morgan fingerprint density at radius 1 is 1.47 bits per heavy atom. The fourth-order valence-corrected chi connectivity index (χ4v) is 2.63. The van der Waals surface area contributed by atoms with Crippen LogP contribution in [0.4, 0.5) is 0 Å². The highest BCUT2D eigenvalue weighted by Gasteiger charge is 2.16. The quantitative estimate of drug-likeness (QED) is 0.806. The maximum Gasteiger partial charge on any atom is 0.101 e. The van der Waals surface area contributed by atoms with Crippen LogP contribution in [-0.2, 0) is 7.05 Å². The summed E-state index contributed by atoms with van der Waals surface area (Å²) in [6.07, 6.45) is 1.70. The Labute approximate surface area is 113 Å². The third-order valence-corrected chi connectivity index (χ3v) is 3.37. The lowest BCUT2D eigenvalue weighted by Gasteiger charge is -2.08. The number of hydrogen-bond acceptors (Lipinski definition) is 2. The summed E-state index contributed by atoms with van der Waals surface area (Å²) in [5, 5.41) is 13.8. The molecule has 2 rings (SSSR count). The lowest BCUT2D eigenvalue weighted by Crippen LogP contribution is -1.97. The third kappa shape index (κ3) is 2.08. The van der Waals surface area contributed by atoms with E-state index in [0.29, 0.717) is 10.6 Å². The van der Waals surface area contributed by atoms with Gasteiger partial charge in [-0.05, 0) is 40.5 Å². The van der Waals surface area contributed by atoms with E-state index in [0.717, 1.165) is 21.3 Å². The minimum atomic E-state index is 0.468. The summed E-state index contributed by atoms with van der Waals surface area (Å²) >= 11 is 9.52. The van der Waals surface area contributed by atoms with Crippen LogP contribution in [0.5, 0.6) is 0 Å². The van der Waals surface area contributed by atoms with Gasteiger partial charge in [-0.3, -0.25) is 4.68 Å². The Balaban J connectivity index is 2.80. The van der Waals surface area contributed by atoms with Gasteiger partial charge in [0.1, 0.15) is 6.07 Å². The van der Waals surface area contributed by atoms with Crippen molar-refractivity contribution in [2.24, 2.45) is 7.05 Å². The number of aryl methyl sites for hydroxylation is 2. The number of nitrogens with zero attached hydrogens (tertiary/aromatic N) is 3. The van der Waals surface area contributed by atoms with Gasteiger partial charge in [0.15, 0.2) is 0 Å². The Bertz CT molecular complexity index is 606. The van der Waals surface area contributed by atoms with Crippen molar-refractivity contribution in [3.63, 3.8) is 0 Å². The minimum absolute atomic E-state index is 0.468. The summed E-state index contributed by atoms with van der Waals surface area (Å²) in [5.41, 5.74) is 3.13. The molecule has 1 aromatic carbocycles. The first-order valence-electron chi connectivity index (χ1n) is 4.92. The zero-order chi connectivity index (χ0) is 12.6. The van der Waals surface area contributed by atoms with E-state index in [1.54, 1.807) is 16.9 Å². The number of rotatable bonds is 1. The largest absolute Gasteiger partial charge is 0.267 e. The topological polar surface area (TPSA) is 41.6 Å². The lowest BCUT2D eigenvalue weighted by atomic mass is 10.0. The molecule has 0 aliphatic heterocycles. The molecule has 0 atom stereocenters. The number of nitriles is 1. The van der Waals surface area contributed by atoms with Gasteiger partial charge >= 0.3 is 0 Å². The number of halogens is 2. The molecule has 1 heterocycles. The summed E-state index contributed by atoms with van der Waals surface area (Å²) in [7, 11) is 1.83. The first kappa shape index (κ1) is 12.2. The SMILES string of the molecule is Cc1cc(Cl)c(C#N)c(-c2c(Br)cnn2C)c1. The molecule has 0 amide bonds. The normalized spacial score (nSPS) is 10.3. The Morgan fingerprint density at radius 3 is 2.71 bits per heavy atom. The molecule has 0 saturated heterocycles. The highest BCUT2D eigenvalue weighted by atomic mass is 79.9. The second kappa shape index (κ2) is 4.52.